The lowest BCUT2D eigenvalue weighted by molar-refractivity contribution is 0.388. The lowest BCUT2D eigenvalue weighted by atomic mass is 10.3. The second-order valence-electron chi connectivity index (χ2n) is 4.55. The fraction of sp³-hybridized carbons (Fsp3) is 0.417. The van der Waals surface area contributed by atoms with E-state index >= 15 is 0 Å². The molecule has 1 aliphatic carbocycles. The van der Waals surface area contributed by atoms with Gasteiger partial charge in [0.1, 0.15) is 17.5 Å². The van der Waals surface area contributed by atoms with Crippen LogP contribution in [0.3, 0.4) is 0 Å². The van der Waals surface area contributed by atoms with Gasteiger partial charge >= 0.3 is 0 Å². The Morgan fingerprint density at radius 2 is 2.28 bits per heavy atom. The molecule has 0 amide bonds. The summed E-state index contributed by atoms with van der Waals surface area (Å²) >= 11 is 0. The zero-order chi connectivity index (χ0) is 12.5. The molecular formula is C12H15N5O. The van der Waals surface area contributed by atoms with Crippen LogP contribution in [0.15, 0.2) is 16.8 Å². The molecule has 1 fully saturated rings. The van der Waals surface area contributed by atoms with E-state index in [4.69, 9.17) is 10.3 Å². The molecule has 1 saturated carbocycles. The summed E-state index contributed by atoms with van der Waals surface area (Å²) in [7, 11) is 0. The number of nitrogens with zero attached hydrogens (tertiary/aromatic N) is 3. The highest BCUT2D eigenvalue weighted by Gasteiger charge is 2.27. The fourth-order valence-corrected chi connectivity index (χ4v) is 1.75. The van der Waals surface area contributed by atoms with E-state index in [-0.39, 0.29) is 0 Å². The second-order valence-corrected chi connectivity index (χ2v) is 4.55. The molecule has 6 heteroatoms. The average molecular weight is 245 g/mol. The standard InChI is InChI=1S/C12H15N5O/c1-7-10(13)16-12(8-2-3-8)17-11(7)14-6-9-4-5-15-18-9/h4-5,8H,2-3,6H2,1H3,(H3,13,14,16,17). The van der Waals surface area contributed by atoms with Crippen molar-refractivity contribution in [1.29, 1.82) is 0 Å². The molecule has 0 spiro atoms. The summed E-state index contributed by atoms with van der Waals surface area (Å²) in [6, 6.07) is 1.81. The van der Waals surface area contributed by atoms with E-state index in [1.165, 1.54) is 0 Å². The molecule has 18 heavy (non-hydrogen) atoms. The molecule has 0 bridgehead atoms. The van der Waals surface area contributed by atoms with E-state index in [1.54, 1.807) is 6.20 Å². The van der Waals surface area contributed by atoms with Crippen LogP contribution < -0.4 is 11.1 Å². The molecule has 3 rings (SSSR count). The third-order valence-corrected chi connectivity index (χ3v) is 3.06. The zero-order valence-electron chi connectivity index (χ0n) is 10.2. The molecule has 94 valence electrons. The van der Waals surface area contributed by atoms with Crippen LogP contribution in [0.5, 0.6) is 0 Å². The highest BCUT2D eigenvalue weighted by atomic mass is 16.5. The van der Waals surface area contributed by atoms with Crippen molar-refractivity contribution < 1.29 is 4.52 Å². The van der Waals surface area contributed by atoms with Crippen LogP contribution in [0.25, 0.3) is 0 Å². The minimum Gasteiger partial charge on any atom is -0.383 e. The van der Waals surface area contributed by atoms with Gasteiger partial charge < -0.3 is 15.6 Å². The molecule has 2 heterocycles. The maximum absolute atomic E-state index is 5.91. The van der Waals surface area contributed by atoms with Gasteiger partial charge in [-0.05, 0) is 19.8 Å². The Morgan fingerprint density at radius 1 is 1.44 bits per heavy atom. The summed E-state index contributed by atoms with van der Waals surface area (Å²) in [5, 5.41) is 6.87. The van der Waals surface area contributed by atoms with Gasteiger partial charge in [-0.15, -0.1) is 0 Å². The highest BCUT2D eigenvalue weighted by Crippen LogP contribution is 2.39. The first-order valence-corrected chi connectivity index (χ1v) is 6.01. The molecule has 0 saturated heterocycles. The number of nitrogens with two attached hydrogens (primary N) is 1. The summed E-state index contributed by atoms with van der Waals surface area (Å²) in [6.45, 7) is 2.45. The Kier molecular flexibility index (Phi) is 2.62. The number of aromatic nitrogens is 3. The van der Waals surface area contributed by atoms with Crippen molar-refractivity contribution in [2.24, 2.45) is 0 Å². The van der Waals surface area contributed by atoms with E-state index in [9.17, 15) is 0 Å². The van der Waals surface area contributed by atoms with Crippen LogP contribution in [0.4, 0.5) is 11.6 Å². The largest absolute Gasteiger partial charge is 0.383 e. The topological polar surface area (TPSA) is 89.9 Å². The Morgan fingerprint density at radius 3 is 2.94 bits per heavy atom. The van der Waals surface area contributed by atoms with Crippen molar-refractivity contribution >= 4 is 11.6 Å². The maximum atomic E-state index is 5.91. The normalized spacial score (nSPS) is 14.7. The molecule has 6 nitrogen and oxygen atoms in total. The Labute approximate surface area is 105 Å². The van der Waals surface area contributed by atoms with Gasteiger partial charge in [0.25, 0.3) is 0 Å². The lowest BCUT2D eigenvalue weighted by Gasteiger charge is -2.10. The van der Waals surface area contributed by atoms with Gasteiger partial charge in [0.15, 0.2) is 5.76 Å². The van der Waals surface area contributed by atoms with Gasteiger partial charge in [-0.3, -0.25) is 0 Å². The molecule has 2 aromatic heterocycles. The summed E-state index contributed by atoms with van der Waals surface area (Å²) in [6.07, 6.45) is 3.93. The first-order valence-electron chi connectivity index (χ1n) is 6.01. The smallest absolute Gasteiger partial charge is 0.155 e. The quantitative estimate of drug-likeness (QED) is 0.854. The molecule has 0 aromatic carbocycles. The van der Waals surface area contributed by atoms with Gasteiger partial charge in [-0.2, -0.15) is 0 Å². The van der Waals surface area contributed by atoms with Crippen LogP contribution in [0.1, 0.15) is 35.9 Å². The Bertz CT molecular complexity index is 548. The SMILES string of the molecule is Cc1c(N)nc(C2CC2)nc1NCc1ccno1. The van der Waals surface area contributed by atoms with Crippen molar-refractivity contribution in [2.75, 3.05) is 11.1 Å². The fourth-order valence-electron chi connectivity index (χ4n) is 1.75. The van der Waals surface area contributed by atoms with Crippen molar-refractivity contribution in [1.82, 2.24) is 15.1 Å². The summed E-state index contributed by atoms with van der Waals surface area (Å²) in [4.78, 5) is 8.86. The molecular weight excluding hydrogens is 230 g/mol. The molecule has 0 aliphatic heterocycles. The van der Waals surface area contributed by atoms with E-state index in [0.717, 1.165) is 35.8 Å². The third-order valence-electron chi connectivity index (χ3n) is 3.06. The van der Waals surface area contributed by atoms with Crippen LogP contribution in [0, 0.1) is 6.92 Å². The number of hydrogen-bond donors (Lipinski definition) is 2. The van der Waals surface area contributed by atoms with E-state index in [1.807, 2.05) is 13.0 Å². The second kappa shape index (κ2) is 4.29. The molecule has 1 aliphatic rings. The first-order chi connectivity index (χ1) is 8.74. The molecule has 0 radical (unpaired) electrons. The molecule has 2 aromatic rings. The molecule has 3 N–H and O–H groups in total. The van der Waals surface area contributed by atoms with Gasteiger partial charge in [0.2, 0.25) is 0 Å². The first kappa shape index (κ1) is 11.0. The number of nitrogens with one attached hydrogen (secondary N) is 1. The van der Waals surface area contributed by atoms with Gasteiger partial charge in [0, 0.05) is 17.5 Å². The minimum absolute atomic E-state index is 0.485. The Hall–Kier alpha value is -2.11. The maximum Gasteiger partial charge on any atom is 0.155 e. The summed E-state index contributed by atoms with van der Waals surface area (Å²) < 4.78 is 5.03. The monoisotopic (exact) mass is 245 g/mol. The van der Waals surface area contributed by atoms with Crippen LogP contribution in [0.2, 0.25) is 0 Å². The number of nitrogen functional groups attached to an aromatic ring is 1. The predicted molar refractivity (Wildman–Crippen MR) is 67.0 cm³/mol. The number of rotatable bonds is 4. The van der Waals surface area contributed by atoms with Crippen molar-refractivity contribution in [3.8, 4) is 0 Å². The minimum atomic E-state index is 0.485. The van der Waals surface area contributed by atoms with E-state index < -0.39 is 0 Å². The highest BCUT2D eigenvalue weighted by molar-refractivity contribution is 5.55. The average Bonchev–Trinajstić information content (AvgIpc) is 3.08. The number of anilines is 2. The summed E-state index contributed by atoms with van der Waals surface area (Å²) in [5.74, 6) is 3.42. The molecule has 0 unspecified atom stereocenters. The van der Waals surface area contributed by atoms with Crippen LogP contribution in [-0.2, 0) is 6.54 Å². The van der Waals surface area contributed by atoms with Gasteiger partial charge in [-0.25, -0.2) is 9.97 Å². The lowest BCUT2D eigenvalue weighted by Crippen LogP contribution is -2.09. The zero-order valence-corrected chi connectivity index (χ0v) is 10.2. The third kappa shape index (κ3) is 2.13. The van der Waals surface area contributed by atoms with Crippen molar-refractivity contribution in [2.45, 2.75) is 32.2 Å². The van der Waals surface area contributed by atoms with Crippen molar-refractivity contribution in [3.05, 3.63) is 29.4 Å². The van der Waals surface area contributed by atoms with E-state index in [0.29, 0.717) is 18.3 Å². The van der Waals surface area contributed by atoms with Crippen molar-refractivity contribution in [3.63, 3.8) is 0 Å². The summed E-state index contributed by atoms with van der Waals surface area (Å²) in [5.41, 5.74) is 6.78. The number of hydrogen-bond acceptors (Lipinski definition) is 6. The van der Waals surface area contributed by atoms with Crippen LogP contribution >= 0.6 is 0 Å². The predicted octanol–water partition coefficient (Wildman–Crippen LogP) is 1.84. The molecule has 0 atom stereocenters. The van der Waals surface area contributed by atoms with Crippen LogP contribution in [-0.4, -0.2) is 15.1 Å². The van der Waals surface area contributed by atoms with Gasteiger partial charge in [-0.1, -0.05) is 5.16 Å². The van der Waals surface area contributed by atoms with E-state index in [2.05, 4.69) is 20.4 Å². The van der Waals surface area contributed by atoms with Gasteiger partial charge in [0.05, 0.1) is 12.7 Å². The Balaban J connectivity index is 1.81.